The van der Waals surface area contributed by atoms with Crippen molar-refractivity contribution >= 4 is 5.91 Å². The second kappa shape index (κ2) is 6.87. The normalized spacial score (nSPS) is 31.9. The van der Waals surface area contributed by atoms with Gasteiger partial charge in [0.05, 0.1) is 6.10 Å². The van der Waals surface area contributed by atoms with Gasteiger partial charge in [-0.15, -0.1) is 0 Å². The summed E-state index contributed by atoms with van der Waals surface area (Å²) in [5.41, 5.74) is 5.03. The van der Waals surface area contributed by atoms with Gasteiger partial charge >= 0.3 is 0 Å². The van der Waals surface area contributed by atoms with Gasteiger partial charge in [0.2, 0.25) is 5.91 Å². The summed E-state index contributed by atoms with van der Waals surface area (Å²) in [6, 6.07) is 0.247. The van der Waals surface area contributed by atoms with Crippen LogP contribution in [0.3, 0.4) is 0 Å². The van der Waals surface area contributed by atoms with E-state index < -0.39 is 5.54 Å². The maximum atomic E-state index is 11.8. The van der Waals surface area contributed by atoms with Crippen LogP contribution < -0.4 is 11.1 Å². The Labute approximate surface area is 121 Å². The summed E-state index contributed by atoms with van der Waals surface area (Å²) in [5, 5.41) is 3.35. The van der Waals surface area contributed by atoms with Crippen molar-refractivity contribution in [2.24, 2.45) is 11.7 Å². The maximum absolute atomic E-state index is 11.8. The van der Waals surface area contributed by atoms with Crippen LogP contribution in [0.5, 0.6) is 0 Å². The molecule has 0 aromatic carbocycles. The van der Waals surface area contributed by atoms with Gasteiger partial charge < -0.3 is 20.5 Å². The third kappa shape index (κ3) is 3.93. The van der Waals surface area contributed by atoms with Gasteiger partial charge in [-0.2, -0.15) is 0 Å². The number of amides is 1. The summed E-state index contributed by atoms with van der Waals surface area (Å²) in [6.45, 7) is 6.56. The van der Waals surface area contributed by atoms with Gasteiger partial charge in [0, 0.05) is 32.3 Å². The molecule has 20 heavy (non-hydrogen) atoms. The lowest BCUT2D eigenvalue weighted by molar-refractivity contribution is -0.125. The summed E-state index contributed by atoms with van der Waals surface area (Å²) in [6.07, 6.45) is 4.70. The molecule has 2 atom stereocenters. The molecule has 2 unspecified atom stereocenters. The molecule has 2 fully saturated rings. The summed E-state index contributed by atoms with van der Waals surface area (Å²) >= 11 is 0. The number of rotatable bonds is 6. The van der Waals surface area contributed by atoms with Crippen LogP contribution in [0.1, 0.15) is 46.0 Å². The monoisotopic (exact) mass is 284 g/mol. The molecule has 3 N–H and O–H groups in total. The minimum absolute atomic E-state index is 0.150. The van der Waals surface area contributed by atoms with Gasteiger partial charge in [-0.3, -0.25) is 4.79 Å². The zero-order valence-corrected chi connectivity index (χ0v) is 12.7. The lowest BCUT2D eigenvalue weighted by Crippen LogP contribution is -2.56. The van der Waals surface area contributed by atoms with E-state index in [-0.39, 0.29) is 18.1 Å². The number of nitrogens with two attached hydrogens (primary N) is 1. The fourth-order valence-corrected chi connectivity index (χ4v) is 3.31. The Kier molecular flexibility index (Phi) is 5.41. The smallest absolute Gasteiger partial charge is 0.237 e. The van der Waals surface area contributed by atoms with Crippen molar-refractivity contribution in [2.45, 2.75) is 63.6 Å². The van der Waals surface area contributed by atoms with Crippen molar-refractivity contribution < 1.29 is 14.3 Å². The Morgan fingerprint density at radius 1 is 1.40 bits per heavy atom. The van der Waals surface area contributed by atoms with E-state index in [1.165, 1.54) is 0 Å². The molecule has 0 aromatic rings. The zero-order chi connectivity index (χ0) is 14.6. The topological polar surface area (TPSA) is 73.6 Å². The first kappa shape index (κ1) is 15.7. The minimum atomic E-state index is -0.575. The predicted molar refractivity (Wildman–Crippen MR) is 77.3 cm³/mol. The van der Waals surface area contributed by atoms with Crippen molar-refractivity contribution in [3.8, 4) is 0 Å². The Bertz CT molecular complexity index is 329. The number of hydrogen-bond donors (Lipinski definition) is 2. The SMILES string of the molecule is CC(C)NC1(C(N)=O)CCC(OCC2CCOCC2)C1. The highest BCUT2D eigenvalue weighted by Gasteiger charge is 2.44. The standard InChI is InChI=1S/C15H28N2O3/c1-11(2)17-15(14(16)18)6-3-13(9-15)20-10-12-4-7-19-8-5-12/h11-13,17H,3-10H2,1-2H3,(H2,16,18). The fraction of sp³-hybridized carbons (Fsp3) is 0.933. The molecule has 116 valence electrons. The lowest BCUT2D eigenvalue weighted by atomic mass is 9.95. The zero-order valence-electron chi connectivity index (χ0n) is 12.7. The van der Waals surface area contributed by atoms with Crippen molar-refractivity contribution in [2.75, 3.05) is 19.8 Å². The molecular formula is C15H28N2O3. The molecule has 1 amide bonds. The largest absolute Gasteiger partial charge is 0.381 e. The first-order valence-electron chi connectivity index (χ1n) is 7.79. The van der Waals surface area contributed by atoms with Crippen molar-refractivity contribution in [1.82, 2.24) is 5.32 Å². The highest BCUT2D eigenvalue weighted by molar-refractivity contribution is 5.85. The van der Waals surface area contributed by atoms with Gasteiger partial charge in [0.25, 0.3) is 0 Å². The van der Waals surface area contributed by atoms with E-state index >= 15 is 0 Å². The minimum Gasteiger partial charge on any atom is -0.381 e. The summed E-state index contributed by atoms with van der Waals surface area (Å²) in [5.74, 6) is 0.355. The Morgan fingerprint density at radius 2 is 2.10 bits per heavy atom. The first-order valence-corrected chi connectivity index (χ1v) is 7.79. The van der Waals surface area contributed by atoms with Crippen LogP contribution in [0.25, 0.3) is 0 Å². The molecule has 0 radical (unpaired) electrons. The van der Waals surface area contributed by atoms with Crippen LogP contribution in [0.15, 0.2) is 0 Å². The highest BCUT2D eigenvalue weighted by Crippen LogP contribution is 2.33. The molecule has 1 saturated heterocycles. The number of carbonyl (C=O) groups is 1. The number of nitrogens with one attached hydrogen (secondary N) is 1. The summed E-state index contributed by atoms with van der Waals surface area (Å²) < 4.78 is 11.4. The molecule has 1 saturated carbocycles. The average Bonchev–Trinajstić information content (AvgIpc) is 2.81. The number of hydrogen-bond acceptors (Lipinski definition) is 4. The van der Waals surface area contributed by atoms with Crippen LogP contribution in [-0.4, -0.2) is 43.4 Å². The molecule has 1 aliphatic heterocycles. The molecule has 2 aliphatic rings. The molecule has 2 rings (SSSR count). The van der Waals surface area contributed by atoms with Crippen LogP contribution in [0.2, 0.25) is 0 Å². The molecule has 0 spiro atoms. The van der Waals surface area contributed by atoms with E-state index in [2.05, 4.69) is 5.32 Å². The van der Waals surface area contributed by atoms with Gasteiger partial charge in [-0.25, -0.2) is 0 Å². The molecule has 1 aliphatic carbocycles. The van der Waals surface area contributed by atoms with E-state index in [0.717, 1.165) is 45.5 Å². The second-order valence-electron chi connectivity index (χ2n) is 6.50. The van der Waals surface area contributed by atoms with E-state index in [1.54, 1.807) is 0 Å². The van der Waals surface area contributed by atoms with E-state index in [4.69, 9.17) is 15.2 Å². The molecule has 0 bridgehead atoms. The number of primary amides is 1. The molecule has 1 heterocycles. The van der Waals surface area contributed by atoms with Crippen LogP contribution in [-0.2, 0) is 14.3 Å². The lowest BCUT2D eigenvalue weighted by Gasteiger charge is -2.30. The van der Waals surface area contributed by atoms with Crippen molar-refractivity contribution in [1.29, 1.82) is 0 Å². The van der Waals surface area contributed by atoms with Gasteiger partial charge in [0.1, 0.15) is 5.54 Å². The second-order valence-corrected chi connectivity index (χ2v) is 6.50. The van der Waals surface area contributed by atoms with Gasteiger partial charge in [-0.1, -0.05) is 0 Å². The van der Waals surface area contributed by atoms with Gasteiger partial charge in [-0.05, 0) is 45.4 Å². The summed E-state index contributed by atoms with van der Waals surface area (Å²) in [4.78, 5) is 11.8. The Hall–Kier alpha value is -0.650. The highest BCUT2D eigenvalue weighted by atomic mass is 16.5. The number of carbonyl (C=O) groups excluding carboxylic acids is 1. The molecular weight excluding hydrogens is 256 g/mol. The predicted octanol–water partition coefficient (Wildman–Crippen LogP) is 1.20. The first-order chi connectivity index (χ1) is 9.52. The van der Waals surface area contributed by atoms with E-state index in [1.807, 2.05) is 13.8 Å². The quantitative estimate of drug-likeness (QED) is 0.769. The van der Waals surface area contributed by atoms with E-state index in [0.29, 0.717) is 12.3 Å². The van der Waals surface area contributed by atoms with Crippen LogP contribution >= 0.6 is 0 Å². The summed E-state index contributed by atoms with van der Waals surface area (Å²) in [7, 11) is 0. The Morgan fingerprint density at radius 3 is 2.70 bits per heavy atom. The van der Waals surface area contributed by atoms with Crippen LogP contribution in [0.4, 0.5) is 0 Å². The van der Waals surface area contributed by atoms with Crippen molar-refractivity contribution in [3.05, 3.63) is 0 Å². The molecule has 5 nitrogen and oxygen atoms in total. The fourth-order valence-electron chi connectivity index (χ4n) is 3.31. The van der Waals surface area contributed by atoms with Crippen molar-refractivity contribution in [3.63, 3.8) is 0 Å². The third-order valence-electron chi connectivity index (χ3n) is 4.41. The van der Waals surface area contributed by atoms with E-state index in [9.17, 15) is 4.79 Å². The van der Waals surface area contributed by atoms with Crippen LogP contribution in [0, 0.1) is 5.92 Å². The molecule has 5 heteroatoms. The Balaban J connectivity index is 1.81. The third-order valence-corrected chi connectivity index (χ3v) is 4.41. The number of ether oxygens (including phenoxy) is 2. The van der Waals surface area contributed by atoms with Gasteiger partial charge in [0.15, 0.2) is 0 Å². The maximum Gasteiger partial charge on any atom is 0.237 e. The average molecular weight is 284 g/mol. The molecule has 0 aromatic heterocycles.